The van der Waals surface area contributed by atoms with Crippen LogP contribution in [0.5, 0.6) is 0 Å². The molecule has 0 radical (unpaired) electrons. The van der Waals surface area contributed by atoms with Crippen LogP contribution in [0.15, 0.2) is 0 Å². The van der Waals surface area contributed by atoms with Crippen molar-refractivity contribution in [1.29, 1.82) is 0 Å². The molecule has 0 saturated carbocycles. The monoisotopic (exact) mass is 256 g/mol. The summed E-state index contributed by atoms with van der Waals surface area (Å²) in [6.45, 7) is 3.15. The van der Waals surface area contributed by atoms with E-state index in [9.17, 15) is 0 Å². The molecule has 1 aromatic heterocycles. The molecule has 2 heterocycles. The second-order valence-corrected chi connectivity index (χ2v) is 5.74. The van der Waals surface area contributed by atoms with E-state index in [4.69, 9.17) is 5.84 Å². The van der Waals surface area contributed by atoms with Gasteiger partial charge < -0.3 is 4.90 Å². The van der Waals surface area contributed by atoms with Gasteiger partial charge in [-0.15, -0.1) is 10.2 Å². The van der Waals surface area contributed by atoms with Crippen LogP contribution >= 0.6 is 11.3 Å². The molecule has 0 bridgehead atoms. The van der Waals surface area contributed by atoms with E-state index >= 15 is 0 Å². The van der Waals surface area contributed by atoms with Gasteiger partial charge in [-0.1, -0.05) is 11.3 Å². The van der Waals surface area contributed by atoms with Crippen LogP contribution < -0.4 is 11.3 Å². The molecule has 1 atom stereocenters. The maximum absolute atomic E-state index is 5.30. The molecule has 1 aliphatic rings. The summed E-state index contributed by atoms with van der Waals surface area (Å²) in [5.74, 6) is 5.30. The number of rotatable bonds is 5. The maximum Gasteiger partial charge on any atom is 0.219 e. The van der Waals surface area contributed by atoms with Gasteiger partial charge in [0.1, 0.15) is 5.01 Å². The number of nitrogens with zero attached hydrogens (tertiary/aromatic N) is 4. The highest BCUT2D eigenvalue weighted by Crippen LogP contribution is 2.22. The standard InChI is InChI=1S/C10H20N6S/c1-15(2)6-8-4-3-5-16(8)7-9-13-14-10(12-11)17-9/h8H,3-7,11H2,1-2H3,(H,12,14). The molecule has 96 valence electrons. The van der Waals surface area contributed by atoms with Crippen LogP contribution in [0, 0.1) is 0 Å². The van der Waals surface area contributed by atoms with Crippen LogP contribution in [0.2, 0.25) is 0 Å². The second kappa shape index (κ2) is 5.72. The number of likely N-dealkylation sites (tertiary alicyclic amines) is 1. The Morgan fingerprint density at radius 2 is 2.35 bits per heavy atom. The number of likely N-dealkylation sites (N-methyl/N-ethyl adjacent to an activating group) is 1. The van der Waals surface area contributed by atoms with Crippen molar-refractivity contribution >= 4 is 16.5 Å². The molecule has 3 N–H and O–H groups in total. The number of hydrogen-bond acceptors (Lipinski definition) is 7. The molecule has 6 nitrogen and oxygen atoms in total. The Balaban J connectivity index is 1.92. The van der Waals surface area contributed by atoms with Crippen molar-refractivity contribution < 1.29 is 0 Å². The lowest BCUT2D eigenvalue weighted by molar-refractivity contribution is 0.200. The smallest absolute Gasteiger partial charge is 0.219 e. The maximum atomic E-state index is 5.30. The summed E-state index contributed by atoms with van der Waals surface area (Å²) in [6, 6.07) is 0.642. The highest BCUT2D eigenvalue weighted by Gasteiger charge is 2.25. The Morgan fingerprint density at radius 1 is 1.53 bits per heavy atom. The quantitative estimate of drug-likeness (QED) is 0.585. The van der Waals surface area contributed by atoms with Crippen molar-refractivity contribution in [3.05, 3.63) is 5.01 Å². The second-order valence-electron chi connectivity index (χ2n) is 4.67. The summed E-state index contributed by atoms with van der Waals surface area (Å²) < 4.78 is 0. The zero-order chi connectivity index (χ0) is 12.3. The van der Waals surface area contributed by atoms with E-state index in [-0.39, 0.29) is 0 Å². The first-order chi connectivity index (χ1) is 8.19. The molecule has 0 aliphatic carbocycles. The van der Waals surface area contributed by atoms with Gasteiger partial charge in [-0.05, 0) is 33.5 Å². The van der Waals surface area contributed by atoms with Gasteiger partial charge in [-0.3, -0.25) is 10.3 Å². The third kappa shape index (κ3) is 3.35. The Hall–Kier alpha value is -0.760. The summed E-state index contributed by atoms with van der Waals surface area (Å²) in [5, 5.41) is 9.81. The van der Waals surface area contributed by atoms with E-state index in [0.29, 0.717) is 11.2 Å². The molecule has 1 fully saturated rings. The fourth-order valence-electron chi connectivity index (χ4n) is 2.28. The molecule has 0 spiro atoms. The van der Waals surface area contributed by atoms with E-state index < -0.39 is 0 Å². The molecule has 0 amide bonds. The minimum atomic E-state index is 0.642. The van der Waals surface area contributed by atoms with Gasteiger partial charge >= 0.3 is 0 Å². The molecule has 1 aliphatic heterocycles. The molecule has 17 heavy (non-hydrogen) atoms. The van der Waals surface area contributed by atoms with Crippen LogP contribution in [0.3, 0.4) is 0 Å². The molecule has 1 aromatic rings. The number of nitrogen functional groups attached to an aromatic ring is 1. The SMILES string of the molecule is CN(C)CC1CCCN1Cc1nnc(NN)s1. The molecular formula is C10H20N6S. The van der Waals surface area contributed by atoms with Gasteiger partial charge in [0, 0.05) is 12.6 Å². The largest absolute Gasteiger partial charge is 0.308 e. The molecule has 1 unspecified atom stereocenters. The number of aromatic nitrogens is 2. The lowest BCUT2D eigenvalue weighted by Crippen LogP contribution is -2.37. The lowest BCUT2D eigenvalue weighted by Gasteiger charge is -2.25. The summed E-state index contributed by atoms with van der Waals surface area (Å²) >= 11 is 1.53. The Morgan fingerprint density at radius 3 is 3.00 bits per heavy atom. The minimum Gasteiger partial charge on any atom is -0.308 e. The Labute approximate surface area is 106 Å². The van der Waals surface area contributed by atoms with Crippen LogP contribution in [0.4, 0.5) is 5.13 Å². The highest BCUT2D eigenvalue weighted by molar-refractivity contribution is 7.15. The molecular weight excluding hydrogens is 236 g/mol. The zero-order valence-electron chi connectivity index (χ0n) is 10.4. The number of hydrazine groups is 1. The van der Waals surface area contributed by atoms with Crippen molar-refractivity contribution in [1.82, 2.24) is 20.0 Å². The third-order valence-electron chi connectivity index (χ3n) is 3.00. The van der Waals surface area contributed by atoms with Gasteiger partial charge in [0.15, 0.2) is 0 Å². The van der Waals surface area contributed by atoms with Crippen LogP contribution in [-0.4, -0.2) is 53.2 Å². The first-order valence-corrected chi connectivity index (χ1v) is 6.68. The summed E-state index contributed by atoms with van der Waals surface area (Å²) in [6.07, 6.45) is 2.55. The normalized spacial score (nSPS) is 21.3. The Kier molecular flexibility index (Phi) is 4.27. The highest BCUT2D eigenvalue weighted by atomic mass is 32.1. The van der Waals surface area contributed by atoms with Crippen LogP contribution in [0.25, 0.3) is 0 Å². The van der Waals surface area contributed by atoms with E-state index in [0.717, 1.165) is 24.6 Å². The van der Waals surface area contributed by atoms with Crippen molar-refractivity contribution in [2.24, 2.45) is 5.84 Å². The van der Waals surface area contributed by atoms with Crippen molar-refractivity contribution in [3.63, 3.8) is 0 Å². The minimum absolute atomic E-state index is 0.642. The van der Waals surface area contributed by atoms with Crippen LogP contribution in [0.1, 0.15) is 17.8 Å². The number of nitrogens with one attached hydrogen (secondary N) is 1. The van der Waals surface area contributed by atoms with Gasteiger partial charge in [0.2, 0.25) is 5.13 Å². The molecule has 7 heteroatoms. The van der Waals surface area contributed by atoms with E-state index in [1.54, 1.807) is 0 Å². The van der Waals surface area contributed by atoms with Gasteiger partial charge in [-0.25, -0.2) is 5.84 Å². The fourth-order valence-corrected chi connectivity index (χ4v) is 2.96. The Bertz CT molecular complexity index is 352. The van der Waals surface area contributed by atoms with E-state index in [2.05, 4.69) is 39.5 Å². The van der Waals surface area contributed by atoms with E-state index in [1.165, 1.54) is 24.2 Å². The summed E-state index contributed by atoms with van der Waals surface area (Å²) in [5.41, 5.74) is 2.53. The van der Waals surface area contributed by atoms with Crippen LogP contribution in [-0.2, 0) is 6.54 Å². The summed E-state index contributed by atoms with van der Waals surface area (Å²) in [4.78, 5) is 4.73. The predicted octanol–water partition coefficient (Wildman–Crippen LogP) is 0.350. The molecule has 1 saturated heterocycles. The first-order valence-electron chi connectivity index (χ1n) is 5.87. The topological polar surface area (TPSA) is 70.3 Å². The number of hydrogen-bond donors (Lipinski definition) is 2. The average molecular weight is 256 g/mol. The summed E-state index contributed by atoms with van der Waals surface area (Å²) in [7, 11) is 4.25. The van der Waals surface area contributed by atoms with Crippen molar-refractivity contribution in [2.75, 3.05) is 32.6 Å². The van der Waals surface area contributed by atoms with Gasteiger partial charge in [-0.2, -0.15) is 0 Å². The number of nitrogens with two attached hydrogens (primary N) is 1. The zero-order valence-corrected chi connectivity index (χ0v) is 11.2. The fraction of sp³-hybridized carbons (Fsp3) is 0.800. The lowest BCUT2D eigenvalue weighted by atomic mass is 10.2. The van der Waals surface area contributed by atoms with Crippen molar-refractivity contribution in [2.45, 2.75) is 25.4 Å². The first kappa shape index (κ1) is 12.7. The predicted molar refractivity (Wildman–Crippen MR) is 69.7 cm³/mol. The van der Waals surface area contributed by atoms with Crippen molar-refractivity contribution in [3.8, 4) is 0 Å². The van der Waals surface area contributed by atoms with E-state index in [1.807, 2.05) is 0 Å². The van der Waals surface area contributed by atoms with Gasteiger partial charge in [0.25, 0.3) is 0 Å². The molecule has 0 aromatic carbocycles. The molecule has 2 rings (SSSR count). The van der Waals surface area contributed by atoms with Gasteiger partial charge in [0.05, 0.1) is 6.54 Å². The number of anilines is 1. The third-order valence-corrected chi connectivity index (χ3v) is 3.84. The average Bonchev–Trinajstić information content (AvgIpc) is 2.89.